The van der Waals surface area contributed by atoms with Gasteiger partial charge in [-0.3, -0.25) is 4.79 Å². The fourth-order valence-corrected chi connectivity index (χ4v) is 3.03. The summed E-state index contributed by atoms with van der Waals surface area (Å²) in [7, 11) is -3.88. The molecule has 0 aliphatic heterocycles. The van der Waals surface area contributed by atoms with E-state index in [4.69, 9.17) is 5.14 Å². The molecule has 0 aliphatic carbocycles. The van der Waals surface area contributed by atoms with E-state index in [1.54, 1.807) is 44.2 Å². The quantitative estimate of drug-likeness (QED) is 0.833. The molecule has 0 unspecified atom stereocenters. The molecule has 0 fully saturated rings. The number of halogens is 1. The van der Waals surface area contributed by atoms with Gasteiger partial charge < -0.3 is 5.32 Å². The number of nitrogens with one attached hydrogen (secondary N) is 1. The van der Waals surface area contributed by atoms with Gasteiger partial charge in [0.25, 0.3) is 0 Å². The molecule has 0 bridgehead atoms. The van der Waals surface area contributed by atoms with Gasteiger partial charge in [0.05, 0.1) is 4.90 Å². The van der Waals surface area contributed by atoms with Crippen LogP contribution in [-0.2, 0) is 14.8 Å². The molecule has 0 heterocycles. The summed E-state index contributed by atoms with van der Waals surface area (Å²) in [5.41, 5.74) is 1.53. The fraction of sp³-hybridized carbons (Fsp3) is 0.118. The van der Waals surface area contributed by atoms with E-state index in [1.807, 2.05) is 0 Å². The summed E-state index contributed by atoms with van der Waals surface area (Å²) in [6, 6.07) is 10.5. The Morgan fingerprint density at radius 3 is 2.50 bits per heavy atom. The molecule has 0 saturated carbocycles. The SMILES string of the molecule is C/C(=C/C(=O)Nc1ccc(C)c(S(N)(=O)=O)c1)c1ccccc1F. The number of rotatable bonds is 4. The second-order valence-corrected chi connectivity index (χ2v) is 6.85. The average Bonchev–Trinajstić information content (AvgIpc) is 2.48. The maximum Gasteiger partial charge on any atom is 0.248 e. The van der Waals surface area contributed by atoms with Gasteiger partial charge in [0.1, 0.15) is 5.82 Å². The molecule has 0 spiro atoms. The zero-order valence-corrected chi connectivity index (χ0v) is 14.0. The first kappa shape index (κ1) is 17.8. The van der Waals surface area contributed by atoms with Crippen molar-refractivity contribution in [2.24, 2.45) is 5.14 Å². The fourth-order valence-electron chi connectivity index (χ4n) is 2.22. The Hall–Kier alpha value is -2.51. The van der Waals surface area contributed by atoms with E-state index >= 15 is 0 Å². The number of primary sulfonamides is 1. The second-order valence-electron chi connectivity index (χ2n) is 5.32. The minimum Gasteiger partial charge on any atom is -0.322 e. The van der Waals surface area contributed by atoms with E-state index < -0.39 is 21.7 Å². The third kappa shape index (κ3) is 4.27. The Morgan fingerprint density at radius 1 is 1.21 bits per heavy atom. The highest BCUT2D eigenvalue weighted by Crippen LogP contribution is 2.20. The molecule has 2 rings (SSSR count). The van der Waals surface area contributed by atoms with Crippen molar-refractivity contribution in [3.05, 3.63) is 65.5 Å². The summed E-state index contributed by atoms with van der Waals surface area (Å²) in [6.07, 6.45) is 1.24. The standard InChI is InChI=1S/C17H17FN2O3S/c1-11-7-8-13(10-16(11)24(19,22)23)20-17(21)9-12(2)14-5-3-4-6-15(14)18/h3-10H,1-2H3,(H,20,21)(H2,19,22,23)/b12-9-. The van der Waals surface area contributed by atoms with Crippen LogP contribution < -0.4 is 10.5 Å². The van der Waals surface area contributed by atoms with E-state index in [1.165, 1.54) is 18.2 Å². The lowest BCUT2D eigenvalue weighted by Gasteiger charge is -2.08. The number of aryl methyl sites for hydroxylation is 1. The zero-order valence-electron chi connectivity index (χ0n) is 13.2. The molecule has 24 heavy (non-hydrogen) atoms. The number of sulfonamides is 1. The summed E-state index contributed by atoms with van der Waals surface area (Å²) in [4.78, 5) is 12.0. The van der Waals surface area contributed by atoms with Gasteiger partial charge in [-0.2, -0.15) is 0 Å². The largest absolute Gasteiger partial charge is 0.322 e. The summed E-state index contributed by atoms with van der Waals surface area (Å²) >= 11 is 0. The highest BCUT2D eigenvalue weighted by molar-refractivity contribution is 7.89. The molecule has 0 atom stereocenters. The Balaban J connectivity index is 2.25. The molecule has 1 amide bonds. The monoisotopic (exact) mass is 348 g/mol. The van der Waals surface area contributed by atoms with E-state index in [0.717, 1.165) is 0 Å². The van der Waals surface area contributed by atoms with Gasteiger partial charge >= 0.3 is 0 Å². The van der Waals surface area contributed by atoms with Crippen LogP contribution in [0.3, 0.4) is 0 Å². The summed E-state index contributed by atoms with van der Waals surface area (Å²) in [5.74, 6) is -0.925. The number of hydrogen-bond acceptors (Lipinski definition) is 3. The van der Waals surface area contributed by atoms with Gasteiger partial charge in [0.2, 0.25) is 15.9 Å². The van der Waals surface area contributed by atoms with Gasteiger partial charge in [-0.15, -0.1) is 0 Å². The molecule has 0 aromatic heterocycles. The van der Waals surface area contributed by atoms with Gasteiger partial charge in [-0.1, -0.05) is 24.3 Å². The first-order chi connectivity index (χ1) is 11.2. The third-order valence-electron chi connectivity index (χ3n) is 3.41. The van der Waals surface area contributed by atoms with Gasteiger partial charge in [-0.05, 0) is 43.2 Å². The molecule has 0 aliphatic rings. The number of carbonyl (C=O) groups excluding carboxylic acids is 1. The minimum atomic E-state index is -3.88. The van der Waals surface area contributed by atoms with Crippen molar-refractivity contribution in [3.8, 4) is 0 Å². The van der Waals surface area contributed by atoms with Crippen LogP contribution in [0.5, 0.6) is 0 Å². The predicted molar refractivity (Wildman–Crippen MR) is 91.2 cm³/mol. The Labute approximate surface area is 140 Å². The van der Waals surface area contributed by atoms with E-state index in [-0.39, 0.29) is 10.6 Å². The van der Waals surface area contributed by atoms with Crippen molar-refractivity contribution in [2.75, 3.05) is 5.32 Å². The summed E-state index contributed by atoms with van der Waals surface area (Å²) in [6.45, 7) is 3.22. The van der Waals surface area contributed by atoms with Crippen LogP contribution in [0.25, 0.3) is 5.57 Å². The molecule has 5 nitrogen and oxygen atoms in total. The lowest BCUT2D eigenvalue weighted by atomic mass is 10.1. The number of hydrogen-bond donors (Lipinski definition) is 2. The van der Waals surface area contributed by atoms with Crippen molar-refractivity contribution in [2.45, 2.75) is 18.7 Å². The van der Waals surface area contributed by atoms with Crippen LogP contribution in [0, 0.1) is 12.7 Å². The Kier molecular flexibility index (Phi) is 5.16. The topological polar surface area (TPSA) is 89.3 Å². The highest BCUT2D eigenvalue weighted by Gasteiger charge is 2.13. The number of anilines is 1. The number of nitrogens with two attached hydrogens (primary N) is 1. The lowest BCUT2D eigenvalue weighted by Crippen LogP contribution is -2.15. The van der Waals surface area contributed by atoms with Crippen LogP contribution in [-0.4, -0.2) is 14.3 Å². The van der Waals surface area contributed by atoms with Crippen LogP contribution in [0.1, 0.15) is 18.1 Å². The van der Waals surface area contributed by atoms with Crippen LogP contribution >= 0.6 is 0 Å². The molecule has 2 aromatic carbocycles. The van der Waals surface area contributed by atoms with Gasteiger partial charge in [0, 0.05) is 17.3 Å². The molecule has 7 heteroatoms. The summed E-state index contributed by atoms with van der Waals surface area (Å²) in [5, 5.41) is 7.68. The average molecular weight is 348 g/mol. The second kappa shape index (κ2) is 6.94. The predicted octanol–water partition coefficient (Wildman–Crippen LogP) is 2.82. The van der Waals surface area contributed by atoms with Crippen LogP contribution in [0.4, 0.5) is 10.1 Å². The van der Waals surface area contributed by atoms with Gasteiger partial charge in [-0.25, -0.2) is 17.9 Å². The van der Waals surface area contributed by atoms with Crippen molar-refractivity contribution in [1.82, 2.24) is 0 Å². The van der Waals surface area contributed by atoms with Crippen molar-refractivity contribution < 1.29 is 17.6 Å². The van der Waals surface area contributed by atoms with Crippen molar-refractivity contribution >= 4 is 27.2 Å². The first-order valence-corrected chi connectivity index (χ1v) is 8.61. The normalized spacial score (nSPS) is 12.1. The molecule has 3 N–H and O–H groups in total. The molecular weight excluding hydrogens is 331 g/mol. The lowest BCUT2D eigenvalue weighted by molar-refractivity contribution is -0.111. The molecular formula is C17H17FN2O3S. The smallest absolute Gasteiger partial charge is 0.248 e. The maximum absolute atomic E-state index is 13.7. The Morgan fingerprint density at radius 2 is 1.88 bits per heavy atom. The van der Waals surface area contributed by atoms with E-state index in [2.05, 4.69) is 5.32 Å². The number of allylic oxidation sites excluding steroid dienone is 1. The molecule has 0 radical (unpaired) electrons. The van der Waals surface area contributed by atoms with Crippen LogP contribution in [0.2, 0.25) is 0 Å². The molecule has 2 aromatic rings. The third-order valence-corrected chi connectivity index (χ3v) is 4.46. The highest BCUT2D eigenvalue weighted by atomic mass is 32.2. The van der Waals surface area contributed by atoms with Gasteiger partial charge in [0.15, 0.2) is 0 Å². The van der Waals surface area contributed by atoms with Crippen molar-refractivity contribution in [1.29, 1.82) is 0 Å². The maximum atomic E-state index is 13.7. The minimum absolute atomic E-state index is 0.0601. The first-order valence-electron chi connectivity index (χ1n) is 7.06. The van der Waals surface area contributed by atoms with E-state index in [0.29, 0.717) is 16.7 Å². The molecule has 0 saturated heterocycles. The zero-order chi connectivity index (χ0) is 17.9. The molecule has 126 valence electrons. The van der Waals surface area contributed by atoms with Crippen molar-refractivity contribution in [3.63, 3.8) is 0 Å². The number of benzene rings is 2. The number of carbonyl (C=O) groups is 1. The van der Waals surface area contributed by atoms with Crippen LogP contribution in [0.15, 0.2) is 53.4 Å². The summed E-state index contributed by atoms with van der Waals surface area (Å²) < 4.78 is 36.7. The Bertz CT molecular complexity index is 921. The van der Waals surface area contributed by atoms with E-state index in [9.17, 15) is 17.6 Å². The number of amides is 1.